The molecule has 0 aromatic carbocycles. The first-order valence-corrected chi connectivity index (χ1v) is 5.92. The summed E-state index contributed by atoms with van der Waals surface area (Å²) in [4.78, 5) is 0. The summed E-state index contributed by atoms with van der Waals surface area (Å²) in [6, 6.07) is 0.603. The van der Waals surface area contributed by atoms with Crippen LogP contribution in [0.1, 0.15) is 43.6 Å². The molecule has 4 nitrogen and oxygen atoms in total. The van der Waals surface area contributed by atoms with Crippen LogP contribution in [0.4, 0.5) is 0 Å². The molecule has 82 valence electrons. The van der Waals surface area contributed by atoms with Crippen LogP contribution in [0.5, 0.6) is 0 Å². The van der Waals surface area contributed by atoms with E-state index in [1.165, 1.54) is 25.0 Å². The van der Waals surface area contributed by atoms with E-state index < -0.39 is 0 Å². The Balaban J connectivity index is 1.87. The summed E-state index contributed by atoms with van der Waals surface area (Å²) in [6.45, 7) is 2.80. The first-order chi connectivity index (χ1) is 7.29. The average Bonchev–Trinajstić information content (AvgIpc) is 3.10. The molecule has 1 aromatic heterocycles. The molecule has 0 radical (unpaired) electrons. The zero-order valence-electron chi connectivity index (χ0n) is 9.19. The first-order valence-electron chi connectivity index (χ1n) is 5.92. The van der Waals surface area contributed by atoms with Gasteiger partial charge in [0.05, 0.1) is 17.4 Å². The van der Waals surface area contributed by atoms with Crippen LogP contribution in [0.3, 0.4) is 0 Å². The fourth-order valence-electron chi connectivity index (χ4n) is 2.22. The zero-order valence-corrected chi connectivity index (χ0v) is 9.19. The predicted octanol–water partition coefficient (Wildman–Crippen LogP) is 1.27. The summed E-state index contributed by atoms with van der Waals surface area (Å²) in [7, 11) is 0. The van der Waals surface area contributed by atoms with E-state index in [1.807, 2.05) is 0 Å². The highest BCUT2D eigenvalue weighted by atomic mass is 15.5. The van der Waals surface area contributed by atoms with Crippen molar-refractivity contribution in [3.8, 4) is 0 Å². The fraction of sp³-hybridized carbons (Fsp3) is 0.818. The van der Waals surface area contributed by atoms with Gasteiger partial charge in [0.15, 0.2) is 0 Å². The number of aromatic nitrogens is 3. The topological polar surface area (TPSA) is 56.7 Å². The molecule has 0 amide bonds. The van der Waals surface area contributed by atoms with Gasteiger partial charge in [0, 0.05) is 6.54 Å². The molecule has 2 atom stereocenters. The lowest BCUT2D eigenvalue weighted by Gasteiger charge is -2.05. The molecule has 4 heteroatoms. The number of nitrogens with zero attached hydrogens (tertiary/aromatic N) is 3. The summed E-state index contributed by atoms with van der Waals surface area (Å²) >= 11 is 0. The van der Waals surface area contributed by atoms with E-state index in [9.17, 15) is 0 Å². The summed E-state index contributed by atoms with van der Waals surface area (Å²) in [5, 5.41) is 8.47. The van der Waals surface area contributed by atoms with Crippen molar-refractivity contribution in [2.24, 2.45) is 17.6 Å². The van der Waals surface area contributed by atoms with E-state index in [0.717, 1.165) is 24.0 Å². The molecule has 2 aliphatic carbocycles. The zero-order chi connectivity index (χ0) is 10.4. The largest absolute Gasteiger partial charge is 0.325 e. The standard InChI is InChI=1S/C11H18N4/c1-7-4-10(7)15-11(5-8-2-3-8)9(6-12)13-14-15/h7-8,10H,2-6,12H2,1H3. The normalized spacial score (nSPS) is 29.5. The lowest BCUT2D eigenvalue weighted by atomic mass is 10.2. The minimum absolute atomic E-state index is 0.531. The Labute approximate surface area is 89.8 Å². The molecule has 2 aliphatic rings. The SMILES string of the molecule is CC1CC1n1nnc(CN)c1CC1CC1. The molecular weight excluding hydrogens is 188 g/mol. The van der Waals surface area contributed by atoms with Gasteiger partial charge in [-0.3, -0.25) is 0 Å². The van der Waals surface area contributed by atoms with Crippen LogP contribution in [0.25, 0.3) is 0 Å². The van der Waals surface area contributed by atoms with Crippen molar-refractivity contribution in [3.05, 3.63) is 11.4 Å². The molecule has 0 spiro atoms. The number of rotatable bonds is 4. The molecule has 0 saturated heterocycles. The van der Waals surface area contributed by atoms with Crippen molar-refractivity contribution >= 4 is 0 Å². The van der Waals surface area contributed by atoms with Crippen LogP contribution in [-0.4, -0.2) is 15.0 Å². The Hall–Kier alpha value is -0.900. The average molecular weight is 206 g/mol. The number of nitrogens with two attached hydrogens (primary N) is 1. The van der Waals surface area contributed by atoms with Gasteiger partial charge in [-0.2, -0.15) is 0 Å². The third-order valence-corrected chi connectivity index (χ3v) is 3.62. The molecular formula is C11H18N4. The molecule has 2 N–H and O–H groups in total. The van der Waals surface area contributed by atoms with Crippen molar-refractivity contribution in [3.63, 3.8) is 0 Å². The molecule has 2 saturated carbocycles. The Morgan fingerprint density at radius 2 is 2.20 bits per heavy atom. The molecule has 3 rings (SSSR count). The Bertz CT molecular complexity index is 367. The van der Waals surface area contributed by atoms with E-state index in [2.05, 4.69) is 21.9 Å². The van der Waals surface area contributed by atoms with E-state index in [1.54, 1.807) is 0 Å². The molecule has 1 aromatic rings. The monoisotopic (exact) mass is 206 g/mol. The quantitative estimate of drug-likeness (QED) is 0.807. The number of hydrogen-bond acceptors (Lipinski definition) is 3. The van der Waals surface area contributed by atoms with Crippen molar-refractivity contribution in [1.29, 1.82) is 0 Å². The van der Waals surface area contributed by atoms with Crippen LogP contribution in [0.15, 0.2) is 0 Å². The fourth-order valence-corrected chi connectivity index (χ4v) is 2.22. The van der Waals surface area contributed by atoms with Gasteiger partial charge in [-0.05, 0) is 37.5 Å². The van der Waals surface area contributed by atoms with Crippen LogP contribution in [0.2, 0.25) is 0 Å². The van der Waals surface area contributed by atoms with E-state index in [0.29, 0.717) is 12.6 Å². The lowest BCUT2D eigenvalue weighted by molar-refractivity contribution is 0.546. The molecule has 1 heterocycles. The highest BCUT2D eigenvalue weighted by Gasteiger charge is 2.38. The Morgan fingerprint density at radius 1 is 1.47 bits per heavy atom. The van der Waals surface area contributed by atoms with Gasteiger partial charge >= 0.3 is 0 Å². The van der Waals surface area contributed by atoms with E-state index >= 15 is 0 Å². The predicted molar refractivity (Wildman–Crippen MR) is 57.2 cm³/mol. The second-order valence-corrected chi connectivity index (χ2v) is 5.06. The third kappa shape index (κ3) is 1.67. The van der Waals surface area contributed by atoms with Gasteiger partial charge in [-0.25, -0.2) is 4.68 Å². The molecule has 2 fully saturated rings. The van der Waals surface area contributed by atoms with Gasteiger partial charge in [0.25, 0.3) is 0 Å². The highest BCUT2D eigenvalue weighted by Crippen LogP contribution is 2.44. The Kier molecular flexibility index (Phi) is 2.06. The van der Waals surface area contributed by atoms with E-state index in [-0.39, 0.29) is 0 Å². The highest BCUT2D eigenvalue weighted by molar-refractivity contribution is 5.14. The first kappa shape index (κ1) is 9.33. The van der Waals surface area contributed by atoms with E-state index in [4.69, 9.17) is 5.73 Å². The smallest absolute Gasteiger partial charge is 0.0994 e. The Morgan fingerprint density at radius 3 is 2.73 bits per heavy atom. The summed E-state index contributed by atoms with van der Waals surface area (Å²) in [5.74, 6) is 1.65. The maximum atomic E-state index is 5.70. The second kappa shape index (κ2) is 3.30. The molecule has 2 unspecified atom stereocenters. The van der Waals surface area contributed by atoms with Crippen molar-refractivity contribution in [2.45, 2.75) is 45.2 Å². The lowest BCUT2D eigenvalue weighted by Crippen LogP contribution is -2.08. The van der Waals surface area contributed by atoms with Crippen LogP contribution in [0, 0.1) is 11.8 Å². The summed E-state index contributed by atoms with van der Waals surface area (Å²) in [6.07, 6.45) is 5.14. The summed E-state index contributed by atoms with van der Waals surface area (Å²) in [5.41, 5.74) is 8.03. The van der Waals surface area contributed by atoms with Crippen LogP contribution < -0.4 is 5.73 Å². The van der Waals surface area contributed by atoms with Crippen molar-refractivity contribution < 1.29 is 0 Å². The molecule has 0 bridgehead atoms. The van der Waals surface area contributed by atoms with Gasteiger partial charge < -0.3 is 5.73 Å². The van der Waals surface area contributed by atoms with Gasteiger partial charge in [-0.1, -0.05) is 12.1 Å². The minimum atomic E-state index is 0.531. The van der Waals surface area contributed by atoms with Crippen LogP contribution >= 0.6 is 0 Å². The second-order valence-electron chi connectivity index (χ2n) is 5.06. The molecule has 15 heavy (non-hydrogen) atoms. The third-order valence-electron chi connectivity index (χ3n) is 3.62. The van der Waals surface area contributed by atoms with Gasteiger partial charge in [0.1, 0.15) is 0 Å². The maximum Gasteiger partial charge on any atom is 0.0994 e. The van der Waals surface area contributed by atoms with Gasteiger partial charge in [0.2, 0.25) is 0 Å². The van der Waals surface area contributed by atoms with Crippen LogP contribution in [-0.2, 0) is 13.0 Å². The number of hydrogen-bond donors (Lipinski definition) is 1. The van der Waals surface area contributed by atoms with Crippen molar-refractivity contribution in [1.82, 2.24) is 15.0 Å². The maximum absolute atomic E-state index is 5.70. The molecule has 0 aliphatic heterocycles. The van der Waals surface area contributed by atoms with Crippen molar-refractivity contribution in [2.75, 3.05) is 0 Å². The van der Waals surface area contributed by atoms with Gasteiger partial charge in [-0.15, -0.1) is 5.10 Å². The summed E-state index contributed by atoms with van der Waals surface area (Å²) < 4.78 is 2.14. The minimum Gasteiger partial charge on any atom is -0.325 e.